The number of hydrogen-bond donors (Lipinski definition) is 1. The summed E-state index contributed by atoms with van der Waals surface area (Å²) in [5.74, 6) is 1.53. The molecule has 0 radical (unpaired) electrons. The van der Waals surface area contributed by atoms with Crippen molar-refractivity contribution in [1.29, 1.82) is 0 Å². The fourth-order valence-corrected chi connectivity index (χ4v) is 4.11. The zero-order valence-electron chi connectivity index (χ0n) is 18.8. The van der Waals surface area contributed by atoms with Gasteiger partial charge in [0.15, 0.2) is 11.6 Å². The highest BCUT2D eigenvalue weighted by Crippen LogP contribution is 2.22. The van der Waals surface area contributed by atoms with Crippen molar-refractivity contribution < 1.29 is 9.59 Å². The summed E-state index contributed by atoms with van der Waals surface area (Å²) in [5, 5.41) is 7.56. The molecule has 0 unspecified atom stereocenters. The van der Waals surface area contributed by atoms with E-state index < -0.39 is 0 Å². The van der Waals surface area contributed by atoms with Crippen molar-refractivity contribution >= 4 is 23.2 Å². The van der Waals surface area contributed by atoms with Crippen LogP contribution in [0.2, 0.25) is 0 Å². The molecule has 1 aliphatic rings. The van der Waals surface area contributed by atoms with Gasteiger partial charge >= 0.3 is 0 Å². The third-order valence-electron chi connectivity index (χ3n) is 5.88. The van der Waals surface area contributed by atoms with Crippen molar-refractivity contribution in [3.8, 4) is 5.82 Å². The molecule has 4 rings (SSSR count). The predicted molar refractivity (Wildman–Crippen MR) is 123 cm³/mol. The van der Waals surface area contributed by atoms with Crippen LogP contribution < -0.4 is 10.2 Å². The minimum absolute atomic E-state index is 0.0302. The van der Waals surface area contributed by atoms with Crippen LogP contribution in [0.4, 0.5) is 11.5 Å². The van der Waals surface area contributed by atoms with E-state index >= 15 is 0 Å². The van der Waals surface area contributed by atoms with Gasteiger partial charge in [-0.2, -0.15) is 5.10 Å². The van der Waals surface area contributed by atoms with Crippen LogP contribution >= 0.6 is 0 Å². The highest BCUT2D eigenvalue weighted by Gasteiger charge is 2.18. The van der Waals surface area contributed by atoms with Gasteiger partial charge in [0.1, 0.15) is 12.1 Å². The number of amides is 1. The van der Waals surface area contributed by atoms with Gasteiger partial charge in [-0.15, -0.1) is 0 Å². The molecule has 1 aliphatic heterocycles. The molecule has 166 valence electrons. The number of rotatable bonds is 7. The average molecular weight is 433 g/mol. The summed E-state index contributed by atoms with van der Waals surface area (Å²) in [6, 6.07) is 8.96. The van der Waals surface area contributed by atoms with Crippen molar-refractivity contribution in [3.63, 3.8) is 0 Å². The smallest absolute Gasteiger partial charge is 0.224 e. The number of carbonyl (C=O) groups excluding carboxylic acids is 2. The summed E-state index contributed by atoms with van der Waals surface area (Å²) in [6.07, 6.45) is 4.84. The molecule has 0 aliphatic carbocycles. The number of hydrogen-bond acceptors (Lipinski definition) is 6. The van der Waals surface area contributed by atoms with Gasteiger partial charge in [-0.3, -0.25) is 9.59 Å². The topological polar surface area (TPSA) is 93.0 Å². The number of nitrogens with one attached hydrogen (secondary N) is 1. The van der Waals surface area contributed by atoms with Crippen LogP contribution in [0.25, 0.3) is 5.82 Å². The molecular weight excluding hydrogens is 404 g/mol. The van der Waals surface area contributed by atoms with Gasteiger partial charge in [-0.1, -0.05) is 12.1 Å². The summed E-state index contributed by atoms with van der Waals surface area (Å²) in [6.45, 7) is 7.50. The second-order valence-electron chi connectivity index (χ2n) is 8.17. The molecule has 0 spiro atoms. The number of ketones is 1. The number of anilines is 2. The summed E-state index contributed by atoms with van der Waals surface area (Å²) in [4.78, 5) is 35.2. The first kappa shape index (κ1) is 21.7. The van der Waals surface area contributed by atoms with Crippen LogP contribution in [-0.4, -0.2) is 44.5 Å². The van der Waals surface area contributed by atoms with E-state index in [0.29, 0.717) is 24.1 Å². The first-order chi connectivity index (χ1) is 15.4. The molecule has 1 fully saturated rings. The quantitative estimate of drug-likeness (QED) is 0.573. The number of aryl methyl sites for hydroxylation is 1. The van der Waals surface area contributed by atoms with E-state index in [1.54, 1.807) is 30.6 Å². The van der Waals surface area contributed by atoms with E-state index in [9.17, 15) is 9.59 Å². The number of carbonyl (C=O) groups is 2. The number of nitrogens with zero attached hydrogens (tertiary/aromatic N) is 5. The lowest BCUT2D eigenvalue weighted by atomic mass is 10.1. The molecule has 0 bridgehead atoms. The van der Waals surface area contributed by atoms with E-state index in [2.05, 4.69) is 25.3 Å². The zero-order valence-corrected chi connectivity index (χ0v) is 18.8. The minimum atomic E-state index is -0.101. The Hall–Kier alpha value is -3.55. The largest absolute Gasteiger partial charge is 0.356 e. The molecule has 1 amide bonds. The van der Waals surface area contributed by atoms with Crippen LogP contribution in [0.1, 0.15) is 53.5 Å². The summed E-state index contributed by atoms with van der Waals surface area (Å²) < 4.78 is 1.83. The lowest BCUT2D eigenvalue weighted by Crippen LogP contribution is -2.19. The van der Waals surface area contributed by atoms with E-state index in [1.807, 2.05) is 24.6 Å². The molecule has 8 nitrogen and oxygen atoms in total. The van der Waals surface area contributed by atoms with Gasteiger partial charge in [-0.25, -0.2) is 14.6 Å². The summed E-state index contributed by atoms with van der Waals surface area (Å²) in [7, 11) is 0. The third kappa shape index (κ3) is 4.69. The molecule has 32 heavy (non-hydrogen) atoms. The predicted octanol–water partition coefficient (Wildman–Crippen LogP) is 3.65. The molecule has 0 atom stereocenters. The Morgan fingerprint density at radius 2 is 1.81 bits per heavy atom. The molecule has 1 N–H and O–H groups in total. The van der Waals surface area contributed by atoms with E-state index in [1.165, 1.54) is 19.8 Å². The van der Waals surface area contributed by atoms with Gasteiger partial charge < -0.3 is 10.2 Å². The van der Waals surface area contributed by atoms with Crippen molar-refractivity contribution in [3.05, 3.63) is 59.2 Å². The minimum Gasteiger partial charge on any atom is -0.356 e. The molecule has 3 aromatic rings. The van der Waals surface area contributed by atoms with Crippen LogP contribution in [0, 0.1) is 13.8 Å². The fourth-order valence-electron chi connectivity index (χ4n) is 4.11. The average Bonchev–Trinajstić information content (AvgIpc) is 3.41. The highest BCUT2D eigenvalue weighted by molar-refractivity contribution is 5.97. The number of Topliss-reactive ketones (excluding diaryl/α,β-unsaturated/α-hetero) is 1. The first-order valence-electron chi connectivity index (χ1n) is 11.0. The monoisotopic (exact) mass is 432 g/mol. The van der Waals surface area contributed by atoms with Gasteiger partial charge in [0.2, 0.25) is 5.91 Å². The van der Waals surface area contributed by atoms with Gasteiger partial charge in [0.25, 0.3) is 0 Å². The third-order valence-corrected chi connectivity index (χ3v) is 5.88. The fraction of sp³-hybridized carbons (Fsp3) is 0.375. The van der Waals surface area contributed by atoms with Crippen LogP contribution in [-0.2, 0) is 11.2 Å². The number of benzene rings is 1. The Morgan fingerprint density at radius 1 is 1.06 bits per heavy atom. The van der Waals surface area contributed by atoms with Crippen molar-refractivity contribution in [2.75, 3.05) is 23.3 Å². The number of aromatic nitrogens is 4. The van der Waals surface area contributed by atoms with Crippen molar-refractivity contribution in [1.82, 2.24) is 19.7 Å². The van der Waals surface area contributed by atoms with Crippen LogP contribution in [0.3, 0.4) is 0 Å². The molecule has 0 saturated carbocycles. The lowest BCUT2D eigenvalue weighted by molar-refractivity contribution is -0.116. The van der Waals surface area contributed by atoms with Crippen molar-refractivity contribution in [2.45, 2.75) is 46.5 Å². The Labute approximate surface area is 187 Å². The molecule has 1 saturated heterocycles. The molecule has 1 aromatic carbocycles. The van der Waals surface area contributed by atoms with E-state index in [4.69, 9.17) is 0 Å². The second-order valence-corrected chi connectivity index (χ2v) is 8.17. The Bertz CT molecular complexity index is 1150. The second kappa shape index (κ2) is 9.30. The van der Waals surface area contributed by atoms with Crippen molar-refractivity contribution in [2.24, 2.45) is 0 Å². The standard InChI is InChI=1S/C24H28N6O2/c1-16-21(9-10-24(32)27-20-8-6-7-19(13-20)18(3)31)17(2)30(28-16)23-14-22(25-15-26-23)29-11-4-5-12-29/h6-8,13-15H,4-5,9-12H2,1-3H3,(H,27,32). The Kier molecular flexibility index (Phi) is 6.30. The first-order valence-corrected chi connectivity index (χ1v) is 11.0. The maximum Gasteiger partial charge on any atom is 0.224 e. The van der Waals surface area contributed by atoms with Crippen LogP contribution in [0.5, 0.6) is 0 Å². The Balaban J connectivity index is 1.45. The lowest BCUT2D eigenvalue weighted by Gasteiger charge is -2.16. The summed E-state index contributed by atoms with van der Waals surface area (Å²) >= 11 is 0. The summed E-state index contributed by atoms with van der Waals surface area (Å²) in [5.41, 5.74) is 4.10. The normalized spacial score (nSPS) is 13.4. The van der Waals surface area contributed by atoms with Gasteiger partial charge in [0, 0.05) is 42.5 Å². The molecule has 3 heterocycles. The molecular formula is C24H28N6O2. The maximum absolute atomic E-state index is 12.5. The zero-order chi connectivity index (χ0) is 22.7. The van der Waals surface area contributed by atoms with Crippen LogP contribution in [0.15, 0.2) is 36.7 Å². The van der Waals surface area contributed by atoms with E-state index in [-0.39, 0.29) is 11.7 Å². The molecule has 8 heteroatoms. The molecule has 2 aromatic heterocycles. The SMILES string of the molecule is CC(=O)c1cccc(NC(=O)CCc2c(C)nn(-c3cc(N4CCCC4)ncn3)c2C)c1. The van der Waals surface area contributed by atoms with Gasteiger partial charge in [0.05, 0.1) is 5.69 Å². The van der Waals surface area contributed by atoms with E-state index in [0.717, 1.165) is 41.7 Å². The maximum atomic E-state index is 12.5. The van der Waals surface area contributed by atoms with Gasteiger partial charge in [-0.05, 0) is 57.7 Å². The Morgan fingerprint density at radius 3 is 2.56 bits per heavy atom. The highest BCUT2D eigenvalue weighted by atomic mass is 16.1.